The monoisotopic (exact) mass is 409 g/mol. The highest BCUT2D eigenvalue weighted by Crippen LogP contribution is 2.28. The molecule has 3 rings (SSSR count). The molecule has 0 heterocycles. The van der Waals surface area contributed by atoms with Crippen LogP contribution in [0, 0.1) is 0 Å². The first kappa shape index (κ1) is 20.8. The summed E-state index contributed by atoms with van der Waals surface area (Å²) in [5.41, 5.74) is 2.61. The number of methoxy groups -OCH3 is 2. The molecule has 1 N–H and O–H groups in total. The van der Waals surface area contributed by atoms with Gasteiger partial charge < -0.3 is 14.6 Å². The molecule has 0 unspecified atom stereocenters. The van der Waals surface area contributed by atoms with E-state index in [1.165, 1.54) is 0 Å². The van der Waals surface area contributed by atoms with Crippen molar-refractivity contribution in [2.75, 3.05) is 14.2 Å². The van der Waals surface area contributed by atoms with Crippen LogP contribution < -0.4 is 9.47 Å². The van der Waals surface area contributed by atoms with Crippen LogP contribution in [0.15, 0.2) is 77.7 Å². The van der Waals surface area contributed by atoms with E-state index in [1.54, 1.807) is 38.3 Å². The molecule has 5 nitrogen and oxygen atoms in total. The van der Waals surface area contributed by atoms with Gasteiger partial charge in [0.25, 0.3) is 0 Å². The topological polar surface area (TPSA) is 59.0 Å². The Morgan fingerprint density at radius 2 is 1.24 bits per heavy atom. The minimum Gasteiger partial charge on any atom is -0.497 e. The minimum atomic E-state index is -0.921. The van der Waals surface area contributed by atoms with E-state index in [4.69, 9.17) is 14.6 Å². The number of carbonyl (C=O) groups is 1. The van der Waals surface area contributed by atoms with Gasteiger partial charge >= 0.3 is 5.97 Å². The Labute approximate surface area is 175 Å². The molecule has 150 valence electrons. The van der Waals surface area contributed by atoms with Gasteiger partial charge in [-0.1, -0.05) is 24.3 Å². The quantitative estimate of drug-likeness (QED) is 0.496. The molecule has 0 spiro atoms. The zero-order valence-corrected chi connectivity index (χ0v) is 17.2. The molecular formula is C23H23NO4S. The van der Waals surface area contributed by atoms with Gasteiger partial charge in [0.2, 0.25) is 0 Å². The van der Waals surface area contributed by atoms with E-state index in [0.717, 1.165) is 40.6 Å². The summed E-state index contributed by atoms with van der Waals surface area (Å²) in [5.74, 6) is 0.731. The predicted molar refractivity (Wildman–Crippen MR) is 114 cm³/mol. The van der Waals surface area contributed by atoms with Crippen molar-refractivity contribution >= 4 is 17.9 Å². The number of rotatable bonds is 9. The second kappa shape index (κ2) is 10.0. The molecule has 6 heteroatoms. The zero-order chi connectivity index (χ0) is 20.6. The van der Waals surface area contributed by atoms with Gasteiger partial charge in [-0.25, -0.2) is 9.10 Å². The molecule has 0 aliphatic heterocycles. The van der Waals surface area contributed by atoms with Gasteiger partial charge in [-0.15, -0.1) is 0 Å². The van der Waals surface area contributed by atoms with E-state index in [-0.39, 0.29) is 5.56 Å². The third-order valence-electron chi connectivity index (χ3n) is 4.37. The Hall–Kier alpha value is -2.96. The van der Waals surface area contributed by atoms with Gasteiger partial charge in [0, 0.05) is 18.0 Å². The van der Waals surface area contributed by atoms with Crippen LogP contribution in [0.25, 0.3) is 0 Å². The van der Waals surface area contributed by atoms with Crippen LogP contribution in [0.3, 0.4) is 0 Å². The van der Waals surface area contributed by atoms with Crippen molar-refractivity contribution in [2.45, 2.75) is 18.0 Å². The molecule has 0 radical (unpaired) electrons. The largest absolute Gasteiger partial charge is 0.497 e. The van der Waals surface area contributed by atoms with Crippen LogP contribution in [-0.4, -0.2) is 29.6 Å². The second-order valence-corrected chi connectivity index (χ2v) is 7.59. The number of ether oxygens (including phenoxy) is 2. The molecule has 0 saturated heterocycles. The minimum absolute atomic E-state index is 0.284. The standard InChI is InChI=1S/C23H23NO4S/c1-27-20-9-3-17(4-10-20)15-24(16-18-5-11-21(28-2)12-6-18)29-22-13-7-19(8-14-22)23(25)26/h3-14H,15-16H2,1-2H3,(H,25,26). The highest BCUT2D eigenvalue weighted by Gasteiger charge is 2.11. The fraction of sp³-hybridized carbons (Fsp3) is 0.174. The smallest absolute Gasteiger partial charge is 0.335 e. The normalized spacial score (nSPS) is 10.7. The Bertz CT molecular complexity index is 875. The maximum atomic E-state index is 11.1. The number of nitrogens with zero attached hydrogens (tertiary/aromatic N) is 1. The Morgan fingerprint density at radius 1 is 0.793 bits per heavy atom. The van der Waals surface area contributed by atoms with E-state index in [2.05, 4.69) is 4.31 Å². The molecule has 3 aromatic carbocycles. The fourth-order valence-corrected chi connectivity index (χ4v) is 3.78. The van der Waals surface area contributed by atoms with Crippen molar-refractivity contribution < 1.29 is 19.4 Å². The lowest BCUT2D eigenvalue weighted by molar-refractivity contribution is 0.0697. The SMILES string of the molecule is COc1ccc(CN(Cc2ccc(OC)cc2)Sc2ccc(C(=O)O)cc2)cc1. The molecule has 0 aliphatic rings. The first-order valence-corrected chi connectivity index (χ1v) is 9.87. The summed E-state index contributed by atoms with van der Waals surface area (Å²) in [6.45, 7) is 1.45. The molecule has 0 fully saturated rings. The van der Waals surface area contributed by atoms with Gasteiger partial charge in [0.05, 0.1) is 19.8 Å². The number of carboxylic acids is 1. The predicted octanol–water partition coefficient (Wildman–Crippen LogP) is 5.11. The van der Waals surface area contributed by atoms with Crippen molar-refractivity contribution in [1.82, 2.24) is 4.31 Å². The zero-order valence-electron chi connectivity index (χ0n) is 16.4. The van der Waals surface area contributed by atoms with Crippen LogP contribution in [0.5, 0.6) is 11.5 Å². The third-order valence-corrected chi connectivity index (χ3v) is 5.37. The van der Waals surface area contributed by atoms with Gasteiger partial charge in [-0.2, -0.15) is 0 Å². The number of carboxylic acid groups (broad SMARTS) is 1. The fourth-order valence-electron chi connectivity index (χ4n) is 2.80. The summed E-state index contributed by atoms with van der Waals surface area (Å²) >= 11 is 1.60. The van der Waals surface area contributed by atoms with Crippen LogP contribution in [0.4, 0.5) is 0 Å². The number of hydrogen-bond acceptors (Lipinski definition) is 5. The second-order valence-electron chi connectivity index (χ2n) is 6.41. The molecule has 29 heavy (non-hydrogen) atoms. The Balaban J connectivity index is 1.77. The molecular weight excluding hydrogens is 386 g/mol. The lowest BCUT2D eigenvalue weighted by atomic mass is 10.2. The molecule has 0 aromatic heterocycles. The van der Waals surface area contributed by atoms with Crippen molar-refractivity contribution in [3.05, 3.63) is 89.5 Å². The van der Waals surface area contributed by atoms with Crippen molar-refractivity contribution in [1.29, 1.82) is 0 Å². The maximum Gasteiger partial charge on any atom is 0.335 e. The van der Waals surface area contributed by atoms with Gasteiger partial charge in [-0.05, 0) is 71.6 Å². The van der Waals surface area contributed by atoms with E-state index in [0.29, 0.717) is 0 Å². The van der Waals surface area contributed by atoms with Crippen molar-refractivity contribution in [3.8, 4) is 11.5 Å². The van der Waals surface area contributed by atoms with Crippen LogP contribution >= 0.6 is 11.9 Å². The van der Waals surface area contributed by atoms with Gasteiger partial charge in [0.15, 0.2) is 0 Å². The highest BCUT2D eigenvalue weighted by molar-refractivity contribution is 7.97. The summed E-state index contributed by atoms with van der Waals surface area (Å²) in [4.78, 5) is 12.1. The van der Waals surface area contributed by atoms with Gasteiger partial charge in [0.1, 0.15) is 11.5 Å². The molecule has 0 amide bonds. The molecule has 0 bridgehead atoms. The Kier molecular flexibility index (Phi) is 7.16. The van der Waals surface area contributed by atoms with Gasteiger partial charge in [-0.3, -0.25) is 0 Å². The van der Waals surface area contributed by atoms with Crippen molar-refractivity contribution in [3.63, 3.8) is 0 Å². The first-order valence-electron chi connectivity index (χ1n) is 9.09. The Morgan fingerprint density at radius 3 is 1.62 bits per heavy atom. The third kappa shape index (κ3) is 6.01. The first-order chi connectivity index (χ1) is 14.1. The van der Waals surface area contributed by atoms with E-state index in [1.807, 2.05) is 60.7 Å². The maximum absolute atomic E-state index is 11.1. The average Bonchev–Trinajstić information content (AvgIpc) is 2.75. The number of hydrogen-bond donors (Lipinski definition) is 1. The average molecular weight is 410 g/mol. The van der Waals surface area contributed by atoms with Crippen LogP contribution in [0.2, 0.25) is 0 Å². The summed E-state index contributed by atoms with van der Waals surface area (Å²) in [5, 5.41) is 9.10. The molecule has 0 aliphatic carbocycles. The number of aromatic carboxylic acids is 1. The van der Waals surface area contributed by atoms with E-state index in [9.17, 15) is 4.79 Å². The summed E-state index contributed by atoms with van der Waals surface area (Å²) < 4.78 is 12.7. The van der Waals surface area contributed by atoms with Crippen LogP contribution in [-0.2, 0) is 13.1 Å². The van der Waals surface area contributed by atoms with Crippen molar-refractivity contribution in [2.24, 2.45) is 0 Å². The summed E-state index contributed by atoms with van der Waals surface area (Å²) in [7, 11) is 3.31. The molecule has 0 atom stereocenters. The summed E-state index contributed by atoms with van der Waals surface area (Å²) in [6.07, 6.45) is 0. The molecule has 0 saturated carbocycles. The van der Waals surface area contributed by atoms with E-state index < -0.39 is 5.97 Å². The summed E-state index contributed by atoms with van der Waals surface area (Å²) in [6, 6.07) is 22.9. The lowest BCUT2D eigenvalue weighted by Gasteiger charge is -2.22. The highest BCUT2D eigenvalue weighted by atomic mass is 32.2. The molecule has 3 aromatic rings. The number of benzene rings is 3. The van der Waals surface area contributed by atoms with Crippen LogP contribution in [0.1, 0.15) is 21.5 Å². The van der Waals surface area contributed by atoms with E-state index >= 15 is 0 Å². The lowest BCUT2D eigenvalue weighted by Crippen LogP contribution is -2.15.